The number of rotatable bonds is 10. The monoisotopic (exact) mass is 406 g/mol. The van der Waals surface area contributed by atoms with Crippen molar-refractivity contribution < 1.29 is 9.47 Å². The standard InChI is InChI=1S/C26H34N2O2/c1-2-18-29-19-17-28-21-25(24-10-6-7-11-26(24)28)22-12-14-27(15-13-22)16-20-30-23-8-4-3-5-9-23/h3-11,21-22H,2,12-20H2,1H3. The molecule has 1 saturated heterocycles. The van der Waals surface area contributed by atoms with E-state index in [1.807, 2.05) is 30.3 Å². The van der Waals surface area contributed by atoms with Crippen molar-refractivity contribution in [2.45, 2.75) is 38.6 Å². The van der Waals surface area contributed by atoms with Crippen LogP contribution in [0.25, 0.3) is 10.9 Å². The number of benzene rings is 2. The molecule has 0 saturated carbocycles. The van der Waals surface area contributed by atoms with E-state index >= 15 is 0 Å². The Kier molecular flexibility index (Phi) is 7.44. The van der Waals surface area contributed by atoms with Crippen LogP contribution in [-0.4, -0.2) is 48.9 Å². The number of hydrogen-bond acceptors (Lipinski definition) is 3. The summed E-state index contributed by atoms with van der Waals surface area (Å²) < 4.78 is 14.0. The van der Waals surface area contributed by atoms with Crippen LogP contribution in [0, 0.1) is 0 Å². The molecule has 160 valence electrons. The number of piperidine rings is 1. The third-order valence-corrected chi connectivity index (χ3v) is 6.09. The molecule has 0 aliphatic carbocycles. The van der Waals surface area contributed by atoms with Crippen molar-refractivity contribution in [1.29, 1.82) is 0 Å². The summed E-state index contributed by atoms with van der Waals surface area (Å²) in [5.74, 6) is 1.60. The number of likely N-dealkylation sites (tertiary alicyclic amines) is 1. The first-order valence-electron chi connectivity index (χ1n) is 11.4. The Labute approximate surface area is 180 Å². The van der Waals surface area contributed by atoms with Crippen LogP contribution in [0.4, 0.5) is 0 Å². The fourth-order valence-corrected chi connectivity index (χ4v) is 4.47. The van der Waals surface area contributed by atoms with Crippen molar-refractivity contribution in [2.24, 2.45) is 0 Å². The Hall–Kier alpha value is -2.30. The van der Waals surface area contributed by atoms with Gasteiger partial charge in [0.05, 0.1) is 6.61 Å². The molecule has 1 aromatic heterocycles. The van der Waals surface area contributed by atoms with E-state index in [2.05, 4.69) is 46.9 Å². The lowest BCUT2D eigenvalue weighted by atomic mass is 9.89. The molecule has 0 atom stereocenters. The molecule has 1 aliphatic heterocycles. The quantitative estimate of drug-likeness (QED) is 0.426. The van der Waals surface area contributed by atoms with E-state index in [4.69, 9.17) is 9.47 Å². The van der Waals surface area contributed by atoms with Gasteiger partial charge in [-0.15, -0.1) is 0 Å². The summed E-state index contributed by atoms with van der Waals surface area (Å²) in [6.07, 6.45) is 5.89. The van der Waals surface area contributed by atoms with Crippen LogP contribution in [0.2, 0.25) is 0 Å². The van der Waals surface area contributed by atoms with Crippen molar-refractivity contribution >= 4 is 10.9 Å². The normalized spacial score (nSPS) is 15.6. The first kappa shape index (κ1) is 21.0. The zero-order chi connectivity index (χ0) is 20.6. The third kappa shape index (κ3) is 5.24. The van der Waals surface area contributed by atoms with Gasteiger partial charge in [-0.1, -0.05) is 43.3 Å². The number of para-hydroxylation sites is 2. The first-order valence-corrected chi connectivity index (χ1v) is 11.4. The third-order valence-electron chi connectivity index (χ3n) is 6.09. The maximum Gasteiger partial charge on any atom is 0.119 e. The Morgan fingerprint density at radius 3 is 2.43 bits per heavy atom. The van der Waals surface area contributed by atoms with Gasteiger partial charge < -0.3 is 14.0 Å². The fourth-order valence-electron chi connectivity index (χ4n) is 4.47. The minimum absolute atomic E-state index is 0.638. The summed E-state index contributed by atoms with van der Waals surface area (Å²) in [6, 6.07) is 18.9. The van der Waals surface area contributed by atoms with E-state index in [0.29, 0.717) is 5.92 Å². The number of fused-ring (bicyclic) bond motifs is 1. The molecule has 0 N–H and O–H groups in total. The smallest absolute Gasteiger partial charge is 0.119 e. The van der Waals surface area contributed by atoms with Gasteiger partial charge in [0.2, 0.25) is 0 Å². The molecule has 0 amide bonds. The zero-order valence-corrected chi connectivity index (χ0v) is 18.1. The number of nitrogens with zero attached hydrogens (tertiary/aromatic N) is 2. The maximum atomic E-state index is 5.88. The number of ether oxygens (including phenoxy) is 2. The largest absolute Gasteiger partial charge is 0.492 e. The van der Waals surface area contributed by atoms with E-state index in [9.17, 15) is 0 Å². The van der Waals surface area contributed by atoms with Gasteiger partial charge in [0.15, 0.2) is 0 Å². The maximum absolute atomic E-state index is 5.88. The molecular weight excluding hydrogens is 372 g/mol. The molecule has 1 fully saturated rings. The predicted molar refractivity (Wildman–Crippen MR) is 123 cm³/mol. The molecule has 2 heterocycles. The Morgan fingerprint density at radius 1 is 0.867 bits per heavy atom. The molecule has 4 rings (SSSR count). The lowest BCUT2D eigenvalue weighted by Gasteiger charge is -2.31. The molecule has 1 aliphatic rings. The molecule has 4 nitrogen and oxygen atoms in total. The summed E-state index contributed by atoms with van der Waals surface area (Å²) in [6.45, 7) is 8.75. The highest BCUT2D eigenvalue weighted by Gasteiger charge is 2.23. The second-order valence-corrected chi connectivity index (χ2v) is 8.18. The van der Waals surface area contributed by atoms with E-state index in [0.717, 1.165) is 58.2 Å². The van der Waals surface area contributed by atoms with Crippen LogP contribution in [0.1, 0.15) is 37.7 Å². The molecule has 0 spiro atoms. The molecule has 4 heteroatoms. The number of hydrogen-bond donors (Lipinski definition) is 0. The highest BCUT2D eigenvalue weighted by atomic mass is 16.5. The molecule has 0 radical (unpaired) electrons. The summed E-state index contributed by atoms with van der Waals surface area (Å²) in [7, 11) is 0. The van der Waals surface area contributed by atoms with Crippen LogP contribution < -0.4 is 4.74 Å². The van der Waals surface area contributed by atoms with E-state index in [-0.39, 0.29) is 0 Å². The zero-order valence-electron chi connectivity index (χ0n) is 18.1. The van der Waals surface area contributed by atoms with Gasteiger partial charge in [-0.05, 0) is 62.0 Å². The van der Waals surface area contributed by atoms with Gasteiger partial charge in [-0.3, -0.25) is 4.90 Å². The Balaban J connectivity index is 1.32. The Bertz CT molecular complexity index is 898. The van der Waals surface area contributed by atoms with E-state index in [1.54, 1.807) is 0 Å². The highest BCUT2D eigenvalue weighted by molar-refractivity contribution is 5.84. The number of aromatic nitrogens is 1. The molecule has 0 bridgehead atoms. The van der Waals surface area contributed by atoms with Crippen LogP contribution in [0.15, 0.2) is 60.8 Å². The van der Waals surface area contributed by atoms with Crippen molar-refractivity contribution in [2.75, 3.05) is 39.5 Å². The summed E-state index contributed by atoms with van der Waals surface area (Å²) in [5.41, 5.74) is 2.85. The average molecular weight is 407 g/mol. The highest BCUT2D eigenvalue weighted by Crippen LogP contribution is 2.34. The minimum Gasteiger partial charge on any atom is -0.492 e. The van der Waals surface area contributed by atoms with Crippen LogP contribution >= 0.6 is 0 Å². The second-order valence-electron chi connectivity index (χ2n) is 8.18. The van der Waals surface area contributed by atoms with Gasteiger partial charge in [0.25, 0.3) is 0 Å². The average Bonchev–Trinajstić information content (AvgIpc) is 3.17. The first-order chi connectivity index (χ1) is 14.8. The van der Waals surface area contributed by atoms with Gasteiger partial charge in [0, 0.05) is 36.8 Å². The summed E-state index contributed by atoms with van der Waals surface area (Å²) in [5, 5.41) is 1.42. The van der Waals surface area contributed by atoms with Crippen molar-refractivity contribution in [1.82, 2.24) is 9.47 Å². The molecule has 3 aromatic rings. The molecule has 2 aromatic carbocycles. The SMILES string of the molecule is CCCOCCn1cc(C2CCN(CCOc3ccccc3)CC2)c2ccccc21. The Morgan fingerprint density at radius 2 is 1.63 bits per heavy atom. The van der Waals surface area contributed by atoms with Crippen LogP contribution in [0.3, 0.4) is 0 Å². The summed E-state index contributed by atoms with van der Waals surface area (Å²) in [4.78, 5) is 2.54. The summed E-state index contributed by atoms with van der Waals surface area (Å²) >= 11 is 0. The molecule has 30 heavy (non-hydrogen) atoms. The van der Waals surface area contributed by atoms with Gasteiger partial charge in [-0.2, -0.15) is 0 Å². The predicted octanol–water partition coefficient (Wildman–Crippen LogP) is 5.33. The van der Waals surface area contributed by atoms with Crippen LogP contribution in [-0.2, 0) is 11.3 Å². The van der Waals surface area contributed by atoms with Crippen LogP contribution in [0.5, 0.6) is 5.75 Å². The lowest BCUT2D eigenvalue weighted by molar-refractivity contribution is 0.127. The minimum atomic E-state index is 0.638. The van der Waals surface area contributed by atoms with Gasteiger partial charge in [-0.25, -0.2) is 0 Å². The molecular formula is C26H34N2O2. The van der Waals surface area contributed by atoms with Gasteiger partial charge in [0.1, 0.15) is 12.4 Å². The van der Waals surface area contributed by atoms with E-state index < -0.39 is 0 Å². The van der Waals surface area contributed by atoms with E-state index in [1.165, 1.54) is 29.3 Å². The second kappa shape index (κ2) is 10.6. The van der Waals surface area contributed by atoms with Crippen molar-refractivity contribution in [3.05, 3.63) is 66.4 Å². The fraction of sp³-hybridized carbons (Fsp3) is 0.462. The van der Waals surface area contributed by atoms with Crippen molar-refractivity contribution in [3.8, 4) is 5.75 Å². The topological polar surface area (TPSA) is 26.6 Å². The molecule has 0 unspecified atom stereocenters. The van der Waals surface area contributed by atoms with Gasteiger partial charge >= 0.3 is 0 Å². The lowest BCUT2D eigenvalue weighted by Crippen LogP contribution is -2.35. The van der Waals surface area contributed by atoms with Crippen molar-refractivity contribution in [3.63, 3.8) is 0 Å².